The molecule has 29 heavy (non-hydrogen) atoms. The van der Waals surface area contributed by atoms with Crippen LogP contribution < -0.4 is 15.4 Å². The molecule has 6 nitrogen and oxygen atoms in total. The van der Waals surface area contributed by atoms with Crippen LogP contribution in [0.25, 0.3) is 10.6 Å². The Hall–Kier alpha value is -3.37. The summed E-state index contributed by atoms with van der Waals surface area (Å²) in [6.45, 7) is 4.26. The molecule has 0 aliphatic rings. The molecule has 3 aromatic rings. The molecule has 0 saturated heterocycles. The fraction of sp³-hybridized carbons (Fsp3) is 0.227. The number of pyridine rings is 1. The zero-order valence-electron chi connectivity index (χ0n) is 16.5. The molecule has 0 saturated carbocycles. The van der Waals surface area contributed by atoms with Gasteiger partial charge in [0.25, 0.3) is 5.91 Å². The average molecular weight is 407 g/mol. The van der Waals surface area contributed by atoms with E-state index in [1.807, 2.05) is 31.2 Å². The molecule has 1 unspecified atom stereocenters. The Morgan fingerprint density at radius 1 is 1.28 bits per heavy atom. The highest BCUT2D eigenvalue weighted by atomic mass is 32.1. The van der Waals surface area contributed by atoms with Crippen molar-refractivity contribution in [3.05, 3.63) is 58.7 Å². The largest absolute Gasteiger partial charge is 0.497 e. The molecular weight excluding hydrogens is 384 g/mol. The van der Waals surface area contributed by atoms with E-state index in [1.54, 1.807) is 30.6 Å². The Balaban J connectivity index is 1.70. The number of carbonyl (C=O) groups excluding carboxylic acids is 1. The van der Waals surface area contributed by atoms with E-state index in [2.05, 4.69) is 28.5 Å². The number of aromatic nitrogens is 2. The second-order valence-electron chi connectivity index (χ2n) is 6.38. The van der Waals surface area contributed by atoms with Crippen LogP contribution in [0.15, 0.2) is 42.6 Å². The minimum absolute atomic E-state index is 0.0214. The molecule has 0 bridgehead atoms. The highest BCUT2D eigenvalue weighted by Crippen LogP contribution is 2.33. The van der Waals surface area contributed by atoms with Crippen LogP contribution in [0.4, 0.5) is 5.82 Å². The highest BCUT2D eigenvalue weighted by Gasteiger charge is 2.16. The van der Waals surface area contributed by atoms with E-state index in [-0.39, 0.29) is 18.5 Å². The number of nitrogens with one attached hydrogen (secondary N) is 2. The third kappa shape index (κ3) is 4.92. The maximum absolute atomic E-state index is 11.9. The van der Waals surface area contributed by atoms with Gasteiger partial charge in [0.05, 0.1) is 31.0 Å². The van der Waals surface area contributed by atoms with Crippen molar-refractivity contribution in [3.63, 3.8) is 0 Å². The molecule has 0 aliphatic heterocycles. The van der Waals surface area contributed by atoms with Crippen LogP contribution in [0.1, 0.15) is 33.9 Å². The van der Waals surface area contributed by atoms with Gasteiger partial charge in [-0.15, -0.1) is 17.8 Å². The Bertz CT molecular complexity index is 1020. The van der Waals surface area contributed by atoms with E-state index in [0.717, 1.165) is 26.9 Å². The second kappa shape index (κ2) is 9.22. The summed E-state index contributed by atoms with van der Waals surface area (Å²) in [4.78, 5) is 22.1. The smallest absolute Gasteiger partial charge is 0.253 e. The summed E-state index contributed by atoms with van der Waals surface area (Å²) in [5, 5.41) is 6.94. The molecule has 2 heterocycles. The van der Waals surface area contributed by atoms with Crippen molar-refractivity contribution >= 4 is 23.1 Å². The van der Waals surface area contributed by atoms with Gasteiger partial charge in [-0.05, 0) is 50.2 Å². The molecule has 1 amide bonds. The van der Waals surface area contributed by atoms with Gasteiger partial charge in [0.1, 0.15) is 16.6 Å². The van der Waals surface area contributed by atoms with Gasteiger partial charge >= 0.3 is 0 Å². The number of thiazole rings is 1. The number of methoxy groups -OCH3 is 1. The summed E-state index contributed by atoms with van der Waals surface area (Å²) in [7, 11) is 1.65. The Morgan fingerprint density at radius 2 is 2.03 bits per heavy atom. The van der Waals surface area contributed by atoms with Gasteiger partial charge in [-0.25, -0.2) is 9.97 Å². The van der Waals surface area contributed by atoms with Crippen molar-refractivity contribution in [2.45, 2.75) is 19.9 Å². The summed E-state index contributed by atoms with van der Waals surface area (Å²) in [6, 6.07) is 11.4. The minimum atomic E-state index is -0.238. The number of ether oxygens (including phenoxy) is 1. The predicted octanol–water partition coefficient (Wildman–Crippen LogP) is 4.06. The van der Waals surface area contributed by atoms with Crippen LogP contribution in [0.3, 0.4) is 0 Å². The first-order chi connectivity index (χ1) is 14.0. The van der Waals surface area contributed by atoms with Crippen LogP contribution in [0.2, 0.25) is 0 Å². The lowest BCUT2D eigenvalue weighted by molar-refractivity contribution is 0.0958. The number of hydrogen-bond acceptors (Lipinski definition) is 6. The van der Waals surface area contributed by atoms with E-state index >= 15 is 0 Å². The molecular formula is C22H22N4O2S. The van der Waals surface area contributed by atoms with Crippen molar-refractivity contribution in [1.29, 1.82) is 0 Å². The number of aryl methyl sites for hydroxylation is 1. The van der Waals surface area contributed by atoms with Gasteiger partial charge in [0.15, 0.2) is 0 Å². The van der Waals surface area contributed by atoms with E-state index in [4.69, 9.17) is 16.1 Å². The first-order valence-electron chi connectivity index (χ1n) is 9.07. The lowest BCUT2D eigenvalue weighted by atomic mass is 10.2. The fourth-order valence-corrected chi connectivity index (χ4v) is 3.88. The number of carbonyl (C=O) groups is 1. The van der Waals surface area contributed by atoms with E-state index in [1.165, 1.54) is 6.20 Å². The SMILES string of the molecule is C#CCNC(=O)c1ccc(NC(C)c2sc(-c3ccc(OC)cc3)nc2C)nc1. The first-order valence-corrected chi connectivity index (χ1v) is 9.89. The zero-order valence-corrected chi connectivity index (χ0v) is 17.3. The zero-order chi connectivity index (χ0) is 20.8. The van der Waals surface area contributed by atoms with Crippen molar-refractivity contribution in [3.8, 4) is 28.7 Å². The molecule has 2 aromatic heterocycles. The molecule has 0 aliphatic carbocycles. The van der Waals surface area contributed by atoms with Crippen LogP contribution in [0.5, 0.6) is 5.75 Å². The third-order valence-corrected chi connectivity index (χ3v) is 5.69. The molecule has 0 spiro atoms. The number of amides is 1. The highest BCUT2D eigenvalue weighted by molar-refractivity contribution is 7.15. The monoisotopic (exact) mass is 406 g/mol. The fourth-order valence-electron chi connectivity index (χ4n) is 2.80. The maximum atomic E-state index is 11.9. The van der Waals surface area contributed by atoms with Gasteiger partial charge in [0.2, 0.25) is 0 Å². The van der Waals surface area contributed by atoms with Crippen molar-refractivity contribution < 1.29 is 9.53 Å². The minimum Gasteiger partial charge on any atom is -0.497 e. The number of anilines is 1. The Labute approximate surface area is 174 Å². The first kappa shape index (κ1) is 20.4. The normalized spacial score (nSPS) is 11.4. The quantitative estimate of drug-likeness (QED) is 0.579. The predicted molar refractivity (Wildman–Crippen MR) is 116 cm³/mol. The van der Waals surface area contributed by atoms with Crippen LogP contribution >= 0.6 is 11.3 Å². The van der Waals surface area contributed by atoms with E-state index < -0.39 is 0 Å². The van der Waals surface area contributed by atoms with Crippen LogP contribution in [0, 0.1) is 19.3 Å². The number of rotatable bonds is 7. The van der Waals surface area contributed by atoms with Crippen molar-refractivity contribution in [2.24, 2.45) is 0 Å². The number of hydrogen-bond donors (Lipinski definition) is 2. The summed E-state index contributed by atoms with van der Waals surface area (Å²) in [5.41, 5.74) is 2.50. The Kier molecular flexibility index (Phi) is 6.47. The summed E-state index contributed by atoms with van der Waals surface area (Å²) < 4.78 is 5.21. The van der Waals surface area contributed by atoms with Gasteiger partial charge in [-0.1, -0.05) is 5.92 Å². The number of nitrogens with zero attached hydrogens (tertiary/aromatic N) is 2. The Morgan fingerprint density at radius 3 is 2.66 bits per heavy atom. The average Bonchev–Trinajstić information content (AvgIpc) is 3.14. The number of terminal acetylenes is 1. The second-order valence-corrected chi connectivity index (χ2v) is 7.41. The molecule has 2 N–H and O–H groups in total. The van der Waals surface area contributed by atoms with Gasteiger partial charge in [-0.3, -0.25) is 4.79 Å². The van der Waals surface area contributed by atoms with Crippen LogP contribution in [-0.2, 0) is 0 Å². The molecule has 0 fully saturated rings. The van der Waals surface area contributed by atoms with Crippen LogP contribution in [-0.4, -0.2) is 29.5 Å². The molecule has 7 heteroatoms. The maximum Gasteiger partial charge on any atom is 0.253 e. The lowest BCUT2D eigenvalue weighted by Gasteiger charge is -2.13. The molecule has 1 aromatic carbocycles. The number of benzene rings is 1. The third-order valence-electron chi connectivity index (χ3n) is 4.30. The van der Waals surface area contributed by atoms with E-state index in [9.17, 15) is 4.79 Å². The van der Waals surface area contributed by atoms with Crippen molar-refractivity contribution in [2.75, 3.05) is 19.0 Å². The van der Waals surface area contributed by atoms with Gasteiger partial charge in [0, 0.05) is 16.6 Å². The standard InChI is InChI=1S/C22H22N4O2S/c1-5-12-23-21(27)17-8-11-19(24-13-17)25-14(2)20-15(3)26-22(29-20)16-6-9-18(28-4)10-7-16/h1,6-11,13-14H,12H2,2-4H3,(H,23,27)(H,24,25). The molecule has 0 radical (unpaired) electrons. The summed E-state index contributed by atoms with van der Waals surface area (Å²) >= 11 is 1.65. The van der Waals surface area contributed by atoms with Gasteiger partial charge in [-0.2, -0.15) is 0 Å². The molecule has 1 atom stereocenters. The molecule has 3 rings (SSSR count). The van der Waals surface area contributed by atoms with E-state index in [0.29, 0.717) is 11.4 Å². The summed E-state index contributed by atoms with van der Waals surface area (Å²) in [5.74, 6) is 3.64. The molecule has 148 valence electrons. The summed E-state index contributed by atoms with van der Waals surface area (Å²) in [6.07, 6.45) is 6.68. The topological polar surface area (TPSA) is 76.1 Å². The van der Waals surface area contributed by atoms with Crippen molar-refractivity contribution in [1.82, 2.24) is 15.3 Å². The lowest BCUT2D eigenvalue weighted by Crippen LogP contribution is -2.23. The van der Waals surface area contributed by atoms with Gasteiger partial charge < -0.3 is 15.4 Å².